The first-order chi connectivity index (χ1) is 9.54. The Kier molecular flexibility index (Phi) is 3.36. The molecule has 0 bridgehead atoms. The fourth-order valence-corrected chi connectivity index (χ4v) is 2.52. The van der Waals surface area contributed by atoms with Crippen LogP contribution in [0.4, 0.5) is 8.78 Å². The Balaban J connectivity index is 1.94. The van der Waals surface area contributed by atoms with Crippen molar-refractivity contribution < 1.29 is 18.6 Å². The Morgan fingerprint density at radius 3 is 2.70 bits per heavy atom. The van der Waals surface area contributed by atoms with Gasteiger partial charge in [-0.25, -0.2) is 8.78 Å². The van der Waals surface area contributed by atoms with Crippen LogP contribution in [0.2, 0.25) is 5.02 Å². The predicted molar refractivity (Wildman–Crippen MR) is 70.8 cm³/mol. The van der Waals surface area contributed by atoms with Crippen LogP contribution in [0.15, 0.2) is 36.4 Å². The number of ether oxygens (including phenoxy) is 1. The minimum Gasteiger partial charge on any atom is -0.485 e. The predicted octanol–water partition coefficient (Wildman–Crippen LogP) is 4.18. The fraction of sp³-hybridized carbons (Fsp3) is 0.200. The van der Waals surface area contributed by atoms with Gasteiger partial charge in [0.25, 0.3) is 0 Å². The van der Waals surface area contributed by atoms with E-state index in [-0.39, 0.29) is 11.4 Å². The maximum absolute atomic E-state index is 13.2. The molecule has 0 saturated heterocycles. The van der Waals surface area contributed by atoms with E-state index in [0.29, 0.717) is 16.9 Å². The van der Waals surface area contributed by atoms with E-state index >= 15 is 0 Å². The standard InChI is InChI=1S/C15H11ClF2O2/c16-11-5-8(1-3-12(11)18)15-7-13(19)10-6-9(17)2-4-14(10)20-15/h1-6,13,15,19H,7H2/t13-,15?/m1/s1. The summed E-state index contributed by atoms with van der Waals surface area (Å²) < 4.78 is 32.1. The van der Waals surface area contributed by atoms with E-state index in [1.54, 1.807) is 6.07 Å². The molecule has 1 aliphatic heterocycles. The number of rotatable bonds is 1. The van der Waals surface area contributed by atoms with Crippen molar-refractivity contribution in [2.45, 2.75) is 18.6 Å². The minimum absolute atomic E-state index is 0.00509. The molecule has 0 saturated carbocycles. The van der Waals surface area contributed by atoms with Gasteiger partial charge in [0.2, 0.25) is 0 Å². The Morgan fingerprint density at radius 2 is 1.95 bits per heavy atom. The number of hydrogen-bond acceptors (Lipinski definition) is 2. The highest BCUT2D eigenvalue weighted by Gasteiger charge is 2.28. The zero-order valence-electron chi connectivity index (χ0n) is 10.3. The third-order valence-corrected chi connectivity index (χ3v) is 3.64. The van der Waals surface area contributed by atoms with Crippen molar-refractivity contribution in [3.05, 3.63) is 64.2 Å². The Morgan fingerprint density at radius 1 is 1.15 bits per heavy atom. The molecule has 0 amide bonds. The second-order valence-electron chi connectivity index (χ2n) is 4.71. The third kappa shape index (κ3) is 2.37. The summed E-state index contributed by atoms with van der Waals surface area (Å²) in [7, 11) is 0. The summed E-state index contributed by atoms with van der Waals surface area (Å²) in [6, 6.07) is 8.30. The first-order valence-corrected chi connectivity index (χ1v) is 6.51. The van der Waals surface area contributed by atoms with Crippen LogP contribution in [0.1, 0.15) is 29.8 Å². The average Bonchev–Trinajstić information content (AvgIpc) is 2.42. The van der Waals surface area contributed by atoms with Crippen LogP contribution in [0.25, 0.3) is 0 Å². The van der Waals surface area contributed by atoms with Crippen molar-refractivity contribution in [1.82, 2.24) is 0 Å². The molecular weight excluding hydrogens is 286 g/mol. The van der Waals surface area contributed by atoms with Crippen molar-refractivity contribution in [1.29, 1.82) is 0 Å². The molecule has 2 atom stereocenters. The number of aliphatic hydroxyl groups excluding tert-OH is 1. The van der Waals surface area contributed by atoms with E-state index in [4.69, 9.17) is 16.3 Å². The SMILES string of the molecule is O[C@@H]1CC(c2ccc(F)c(Cl)c2)Oc2ccc(F)cc21. The maximum atomic E-state index is 13.2. The first-order valence-electron chi connectivity index (χ1n) is 6.13. The van der Waals surface area contributed by atoms with Crippen molar-refractivity contribution >= 4 is 11.6 Å². The van der Waals surface area contributed by atoms with Gasteiger partial charge in [-0.15, -0.1) is 0 Å². The van der Waals surface area contributed by atoms with E-state index in [9.17, 15) is 13.9 Å². The number of halogens is 3. The minimum atomic E-state index is -0.830. The Hall–Kier alpha value is -1.65. The van der Waals surface area contributed by atoms with Gasteiger partial charge in [-0.3, -0.25) is 0 Å². The lowest BCUT2D eigenvalue weighted by atomic mass is 9.95. The summed E-state index contributed by atoms with van der Waals surface area (Å²) in [6.45, 7) is 0. The molecule has 0 aliphatic carbocycles. The molecule has 1 unspecified atom stereocenters. The van der Waals surface area contributed by atoms with Gasteiger partial charge in [-0.05, 0) is 35.9 Å². The van der Waals surface area contributed by atoms with Crippen molar-refractivity contribution in [3.8, 4) is 5.75 Å². The van der Waals surface area contributed by atoms with Crippen LogP contribution in [0, 0.1) is 11.6 Å². The fourth-order valence-electron chi connectivity index (χ4n) is 2.33. The van der Waals surface area contributed by atoms with Crippen LogP contribution >= 0.6 is 11.6 Å². The molecule has 1 aliphatic rings. The van der Waals surface area contributed by atoms with E-state index < -0.39 is 23.8 Å². The lowest BCUT2D eigenvalue weighted by Crippen LogP contribution is -2.19. The highest BCUT2D eigenvalue weighted by molar-refractivity contribution is 6.30. The molecule has 0 aromatic heterocycles. The molecule has 3 rings (SSSR count). The van der Waals surface area contributed by atoms with Gasteiger partial charge < -0.3 is 9.84 Å². The Labute approximate surface area is 119 Å². The second-order valence-corrected chi connectivity index (χ2v) is 5.12. The summed E-state index contributed by atoms with van der Waals surface area (Å²) in [6.07, 6.45) is -1.01. The molecule has 1 heterocycles. The molecule has 5 heteroatoms. The van der Waals surface area contributed by atoms with Crippen molar-refractivity contribution in [2.75, 3.05) is 0 Å². The average molecular weight is 297 g/mol. The van der Waals surface area contributed by atoms with Gasteiger partial charge >= 0.3 is 0 Å². The van der Waals surface area contributed by atoms with Crippen molar-refractivity contribution in [2.24, 2.45) is 0 Å². The van der Waals surface area contributed by atoms with Crippen LogP contribution in [0.3, 0.4) is 0 Å². The quantitative estimate of drug-likeness (QED) is 0.855. The normalized spacial score (nSPS) is 21.2. The Bertz CT molecular complexity index is 660. The molecule has 0 radical (unpaired) electrons. The number of aliphatic hydroxyl groups is 1. The zero-order valence-corrected chi connectivity index (χ0v) is 11.1. The van der Waals surface area contributed by atoms with Crippen LogP contribution in [0.5, 0.6) is 5.75 Å². The molecule has 2 aromatic carbocycles. The van der Waals surface area contributed by atoms with Gasteiger partial charge in [-0.2, -0.15) is 0 Å². The van der Waals surface area contributed by atoms with E-state index in [1.165, 1.54) is 30.3 Å². The maximum Gasteiger partial charge on any atom is 0.141 e. The molecule has 2 nitrogen and oxygen atoms in total. The zero-order chi connectivity index (χ0) is 14.3. The number of fused-ring (bicyclic) bond motifs is 1. The molecule has 0 spiro atoms. The van der Waals surface area contributed by atoms with Gasteiger partial charge in [0, 0.05) is 12.0 Å². The van der Waals surface area contributed by atoms with Gasteiger partial charge in [0.1, 0.15) is 23.5 Å². The summed E-state index contributed by atoms with van der Waals surface area (Å²) in [5.41, 5.74) is 1.10. The van der Waals surface area contributed by atoms with Gasteiger partial charge in [0.15, 0.2) is 0 Å². The second kappa shape index (κ2) is 5.04. The lowest BCUT2D eigenvalue weighted by Gasteiger charge is -2.30. The largest absolute Gasteiger partial charge is 0.485 e. The summed E-state index contributed by atoms with van der Waals surface area (Å²) >= 11 is 5.75. The van der Waals surface area contributed by atoms with Crippen LogP contribution < -0.4 is 4.74 Å². The monoisotopic (exact) mass is 296 g/mol. The summed E-state index contributed by atoms with van der Waals surface area (Å²) in [4.78, 5) is 0. The van der Waals surface area contributed by atoms with Gasteiger partial charge in [0.05, 0.1) is 11.1 Å². The van der Waals surface area contributed by atoms with Crippen LogP contribution in [-0.2, 0) is 0 Å². The number of benzene rings is 2. The van der Waals surface area contributed by atoms with E-state index in [1.807, 2.05) is 0 Å². The van der Waals surface area contributed by atoms with E-state index in [2.05, 4.69) is 0 Å². The summed E-state index contributed by atoms with van der Waals surface area (Å²) in [5, 5.41) is 10.1. The molecular formula is C15H11ClF2O2. The number of hydrogen-bond donors (Lipinski definition) is 1. The topological polar surface area (TPSA) is 29.5 Å². The smallest absolute Gasteiger partial charge is 0.141 e. The van der Waals surface area contributed by atoms with Gasteiger partial charge in [-0.1, -0.05) is 17.7 Å². The molecule has 2 aromatic rings. The summed E-state index contributed by atoms with van der Waals surface area (Å²) in [5.74, 6) is -0.500. The molecule has 104 valence electrons. The first kappa shape index (κ1) is 13.3. The molecule has 1 N–H and O–H groups in total. The molecule has 20 heavy (non-hydrogen) atoms. The third-order valence-electron chi connectivity index (χ3n) is 3.35. The highest BCUT2D eigenvalue weighted by atomic mass is 35.5. The lowest BCUT2D eigenvalue weighted by molar-refractivity contribution is 0.0653. The van der Waals surface area contributed by atoms with Crippen LogP contribution in [-0.4, -0.2) is 5.11 Å². The van der Waals surface area contributed by atoms with Crippen molar-refractivity contribution in [3.63, 3.8) is 0 Å². The highest BCUT2D eigenvalue weighted by Crippen LogP contribution is 2.41. The molecule has 0 fully saturated rings. The van der Waals surface area contributed by atoms with E-state index in [0.717, 1.165) is 0 Å².